The summed E-state index contributed by atoms with van der Waals surface area (Å²) in [5.41, 5.74) is 6.13. The molecule has 0 bridgehead atoms. The number of hydrogen-bond acceptors (Lipinski definition) is 6. The number of carbonyl (C=O) groups excluding carboxylic acids is 2. The maximum absolute atomic E-state index is 13.6. The van der Waals surface area contributed by atoms with Crippen LogP contribution in [-0.2, 0) is 14.4 Å². The van der Waals surface area contributed by atoms with E-state index in [1.807, 2.05) is 0 Å². The fraction of sp³-hybridized carbons (Fsp3) is 0.864. The molecule has 0 aromatic rings. The first-order valence-electron chi connectivity index (χ1n) is 10.9. The molecule has 4 fully saturated rings. The fourth-order valence-electron chi connectivity index (χ4n) is 7.24. The van der Waals surface area contributed by atoms with Crippen LogP contribution in [0.4, 0.5) is 0 Å². The Bertz CT molecular complexity index is 698. The van der Waals surface area contributed by atoms with Gasteiger partial charge >= 0.3 is 0 Å². The van der Waals surface area contributed by atoms with Crippen LogP contribution >= 0.6 is 12.4 Å². The van der Waals surface area contributed by atoms with Crippen molar-refractivity contribution >= 4 is 29.7 Å². The smallest absolute Gasteiger partial charge is 0.142 e. The lowest BCUT2D eigenvalue weighted by Crippen LogP contribution is -2.61. The van der Waals surface area contributed by atoms with E-state index in [1.54, 1.807) is 0 Å². The summed E-state index contributed by atoms with van der Waals surface area (Å²) in [5.74, 6) is 0.669. The number of oxime groups is 1. The van der Waals surface area contributed by atoms with E-state index in [0.29, 0.717) is 37.7 Å². The van der Waals surface area contributed by atoms with E-state index in [2.05, 4.69) is 19.0 Å². The van der Waals surface area contributed by atoms with Gasteiger partial charge in [-0.15, -0.1) is 12.4 Å². The van der Waals surface area contributed by atoms with Crippen LogP contribution in [0.2, 0.25) is 0 Å². The molecule has 7 atom stereocenters. The average Bonchev–Trinajstić information content (AvgIpc) is 2.98. The van der Waals surface area contributed by atoms with Gasteiger partial charge in [-0.05, 0) is 61.7 Å². The highest BCUT2D eigenvalue weighted by Gasteiger charge is 2.64. The molecule has 7 heteroatoms. The minimum absolute atomic E-state index is 0. The zero-order chi connectivity index (χ0) is 20.1. The lowest BCUT2D eigenvalue weighted by Gasteiger charge is -2.60. The lowest BCUT2D eigenvalue weighted by molar-refractivity contribution is -0.166. The molecule has 0 saturated heterocycles. The van der Waals surface area contributed by atoms with E-state index in [0.717, 1.165) is 37.8 Å². The molecule has 3 N–H and O–H groups in total. The van der Waals surface area contributed by atoms with E-state index >= 15 is 0 Å². The third-order valence-electron chi connectivity index (χ3n) is 8.86. The van der Waals surface area contributed by atoms with Crippen molar-refractivity contribution in [3.8, 4) is 0 Å². The first-order valence-corrected chi connectivity index (χ1v) is 10.9. The molecule has 0 aromatic carbocycles. The second-order valence-corrected chi connectivity index (χ2v) is 9.94. The van der Waals surface area contributed by atoms with Crippen LogP contribution in [0.25, 0.3) is 0 Å². The van der Waals surface area contributed by atoms with Gasteiger partial charge in [-0.1, -0.05) is 19.0 Å². The molecular formula is C22H35ClN2O4. The highest BCUT2D eigenvalue weighted by molar-refractivity contribution is 5.93. The summed E-state index contributed by atoms with van der Waals surface area (Å²) < 4.78 is 0. The molecule has 6 nitrogen and oxygen atoms in total. The molecule has 0 aliphatic heterocycles. The second kappa shape index (κ2) is 8.27. The average molecular weight is 427 g/mol. The minimum Gasteiger partial charge on any atom is -0.396 e. The van der Waals surface area contributed by atoms with Crippen LogP contribution in [0, 0.1) is 40.4 Å². The molecule has 0 heterocycles. The number of rotatable bonds is 4. The van der Waals surface area contributed by atoms with Gasteiger partial charge in [0.05, 0.1) is 12.3 Å². The first kappa shape index (κ1) is 22.7. The minimum atomic E-state index is -0.357. The molecule has 0 spiro atoms. The molecule has 164 valence electrons. The number of Topliss-reactive ketones (excluding diaryl/α,β-unsaturated/α-hetero) is 2. The Labute approximate surface area is 179 Å². The van der Waals surface area contributed by atoms with Gasteiger partial charge in [0.1, 0.15) is 18.2 Å². The predicted octanol–water partition coefficient (Wildman–Crippen LogP) is 2.75. The van der Waals surface area contributed by atoms with Gasteiger partial charge in [0.2, 0.25) is 0 Å². The van der Waals surface area contributed by atoms with E-state index in [4.69, 9.17) is 10.6 Å². The summed E-state index contributed by atoms with van der Waals surface area (Å²) in [4.78, 5) is 31.5. The number of carbonyl (C=O) groups is 2. The zero-order valence-corrected chi connectivity index (χ0v) is 18.4. The molecule has 0 aromatic heterocycles. The molecule has 4 rings (SSSR count). The largest absolute Gasteiger partial charge is 0.396 e. The Balaban J connectivity index is 0.00000240. The Kier molecular flexibility index (Phi) is 6.48. The van der Waals surface area contributed by atoms with Crippen molar-refractivity contribution in [3.63, 3.8) is 0 Å². The van der Waals surface area contributed by atoms with Gasteiger partial charge in [0.15, 0.2) is 0 Å². The summed E-state index contributed by atoms with van der Waals surface area (Å²) in [6, 6.07) is 0. The monoisotopic (exact) mass is 426 g/mol. The van der Waals surface area contributed by atoms with Crippen molar-refractivity contribution < 1.29 is 19.5 Å². The summed E-state index contributed by atoms with van der Waals surface area (Å²) in [6.45, 7) is 5.11. The molecule has 0 radical (unpaired) electrons. The maximum atomic E-state index is 13.6. The topological polar surface area (TPSA) is 102 Å². The van der Waals surface area contributed by atoms with Gasteiger partial charge in [0, 0.05) is 30.2 Å². The summed E-state index contributed by atoms with van der Waals surface area (Å²) in [7, 11) is 0. The highest BCUT2D eigenvalue weighted by Crippen LogP contribution is 2.65. The quantitative estimate of drug-likeness (QED) is 0.531. The van der Waals surface area contributed by atoms with Crippen molar-refractivity contribution in [1.29, 1.82) is 0 Å². The normalized spacial score (nSPS) is 45.2. The van der Waals surface area contributed by atoms with Gasteiger partial charge in [-0.2, -0.15) is 0 Å². The predicted molar refractivity (Wildman–Crippen MR) is 113 cm³/mol. The molecule has 29 heavy (non-hydrogen) atoms. The molecule has 1 unspecified atom stereocenters. The standard InChI is InChI=1S/C22H34N2O4.ClH/c1-21-7-5-13(24-28-10-9-23)11-17(21)14(12-25)20(27)19-15-3-4-18(26)22(15,2)8-6-16(19)21;/h14-17,19,25H,3-12,23H2,1-2H3;1H/t14-,15+,16+,17?,19+,21-,22+;/m1./s1. The first-order chi connectivity index (χ1) is 13.4. The van der Waals surface area contributed by atoms with E-state index in [9.17, 15) is 14.7 Å². The molecule has 4 saturated carbocycles. The number of nitrogens with two attached hydrogens (primary N) is 1. The van der Waals surface area contributed by atoms with Crippen LogP contribution in [0.1, 0.15) is 58.8 Å². The van der Waals surface area contributed by atoms with Gasteiger partial charge in [-0.3, -0.25) is 9.59 Å². The van der Waals surface area contributed by atoms with Crippen molar-refractivity contribution in [2.45, 2.75) is 58.8 Å². The van der Waals surface area contributed by atoms with E-state index in [1.165, 1.54) is 0 Å². The molecule has 4 aliphatic carbocycles. The SMILES string of the molecule is C[C@]12CCC(=NOCCN)CC1[C@@H](CO)C(=O)[C@@H]1[C@@H]2CC[C@]2(C)C(=O)CC[C@@H]12.Cl. The Morgan fingerprint density at radius 2 is 1.90 bits per heavy atom. The van der Waals surface area contributed by atoms with Gasteiger partial charge < -0.3 is 15.7 Å². The van der Waals surface area contributed by atoms with Crippen LogP contribution in [-0.4, -0.2) is 42.1 Å². The molecular weight excluding hydrogens is 392 g/mol. The number of nitrogens with zero attached hydrogens (tertiary/aromatic N) is 1. The van der Waals surface area contributed by atoms with Gasteiger partial charge in [-0.25, -0.2) is 0 Å². The number of fused-ring (bicyclic) bond motifs is 5. The number of hydrogen-bond donors (Lipinski definition) is 2. The van der Waals surface area contributed by atoms with Crippen LogP contribution in [0.5, 0.6) is 0 Å². The Morgan fingerprint density at radius 1 is 1.14 bits per heavy atom. The van der Waals surface area contributed by atoms with Crippen LogP contribution in [0.3, 0.4) is 0 Å². The molecule has 4 aliphatic rings. The highest BCUT2D eigenvalue weighted by atomic mass is 35.5. The summed E-state index contributed by atoms with van der Waals surface area (Å²) >= 11 is 0. The van der Waals surface area contributed by atoms with Crippen molar-refractivity contribution in [2.75, 3.05) is 19.8 Å². The Morgan fingerprint density at radius 3 is 2.59 bits per heavy atom. The maximum Gasteiger partial charge on any atom is 0.142 e. The van der Waals surface area contributed by atoms with Gasteiger partial charge in [0.25, 0.3) is 0 Å². The molecule has 0 amide bonds. The van der Waals surface area contributed by atoms with E-state index < -0.39 is 0 Å². The summed E-state index contributed by atoms with van der Waals surface area (Å²) in [6.07, 6.45) is 5.83. The Hall–Kier alpha value is -0.980. The second-order valence-electron chi connectivity index (χ2n) is 9.94. The third kappa shape index (κ3) is 3.35. The number of aliphatic hydroxyl groups is 1. The fourth-order valence-corrected chi connectivity index (χ4v) is 7.24. The number of halogens is 1. The van der Waals surface area contributed by atoms with Crippen molar-refractivity contribution in [2.24, 2.45) is 51.3 Å². The van der Waals surface area contributed by atoms with Crippen LogP contribution < -0.4 is 5.73 Å². The summed E-state index contributed by atoms with van der Waals surface area (Å²) in [5, 5.41) is 14.5. The number of ketones is 2. The third-order valence-corrected chi connectivity index (χ3v) is 8.86. The van der Waals surface area contributed by atoms with Crippen molar-refractivity contribution in [1.82, 2.24) is 0 Å². The van der Waals surface area contributed by atoms with Crippen molar-refractivity contribution in [3.05, 3.63) is 0 Å². The van der Waals surface area contributed by atoms with E-state index in [-0.39, 0.29) is 59.3 Å². The van der Waals surface area contributed by atoms with Crippen LogP contribution in [0.15, 0.2) is 5.16 Å². The zero-order valence-electron chi connectivity index (χ0n) is 17.6. The number of aliphatic hydroxyl groups excluding tert-OH is 1. The lowest BCUT2D eigenvalue weighted by atomic mass is 9.43.